The van der Waals surface area contributed by atoms with E-state index in [1.54, 1.807) is 23.4 Å². The van der Waals surface area contributed by atoms with Crippen molar-refractivity contribution in [3.63, 3.8) is 0 Å². The van der Waals surface area contributed by atoms with Crippen molar-refractivity contribution < 1.29 is 9.90 Å². The Labute approximate surface area is 207 Å². The van der Waals surface area contributed by atoms with Crippen LogP contribution >= 0.6 is 0 Å². The number of fused-ring (bicyclic) bond motifs is 2. The molecule has 11 nitrogen and oxygen atoms in total. The Hall–Kier alpha value is -3.73. The van der Waals surface area contributed by atoms with Gasteiger partial charge in [0.25, 0.3) is 5.56 Å². The lowest BCUT2D eigenvalue weighted by molar-refractivity contribution is -0.140. The number of benzene rings is 1. The van der Waals surface area contributed by atoms with Gasteiger partial charge in [0, 0.05) is 40.5 Å². The fourth-order valence-electron chi connectivity index (χ4n) is 5.39. The second-order valence-corrected chi connectivity index (χ2v) is 9.94. The third-order valence-corrected chi connectivity index (χ3v) is 7.43. The summed E-state index contributed by atoms with van der Waals surface area (Å²) in [6, 6.07) is 7.50. The molecule has 1 aliphatic rings. The number of carbonyl (C=O) groups excluding carboxylic acids is 1. The third kappa shape index (κ3) is 3.83. The number of likely N-dealkylation sites (tertiary alicyclic amines) is 1. The van der Waals surface area contributed by atoms with Crippen LogP contribution < -0.4 is 11.2 Å². The third-order valence-electron chi connectivity index (χ3n) is 7.43. The van der Waals surface area contributed by atoms with E-state index in [4.69, 9.17) is 0 Å². The summed E-state index contributed by atoms with van der Waals surface area (Å²) in [4.78, 5) is 48.8. The van der Waals surface area contributed by atoms with Gasteiger partial charge >= 0.3 is 5.69 Å². The average molecular weight is 494 g/mol. The van der Waals surface area contributed by atoms with Gasteiger partial charge in [-0.15, -0.1) is 0 Å². The van der Waals surface area contributed by atoms with Crippen LogP contribution in [0.3, 0.4) is 0 Å². The molecular weight excluding hydrogens is 462 g/mol. The van der Waals surface area contributed by atoms with E-state index in [0.29, 0.717) is 32.2 Å². The first-order valence-electron chi connectivity index (χ1n) is 12.1. The van der Waals surface area contributed by atoms with Gasteiger partial charge in [-0.3, -0.25) is 18.7 Å². The van der Waals surface area contributed by atoms with Gasteiger partial charge in [-0.25, -0.2) is 14.8 Å². The maximum atomic E-state index is 13.0. The molecule has 4 aromatic rings. The molecular formula is C25H31N7O4. The molecule has 1 amide bonds. The number of β-amino-alcohol motifs (C(OH)–C–C–N with tert-alkyl or cyclic N) is 1. The maximum Gasteiger partial charge on any atom is 0.332 e. The van der Waals surface area contributed by atoms with Gasteiger partial charge < -0.3 is 19.1 Å². The van der Waals surface area contributed by atoms with E-state index in [1.807, 2.05) is 31.3 Å². The summed E-state index contributed by atoms with van der Waals surface area (Å²) in [5, 5.41) is 11.4. The van der Waals surface area contributed by atoms with Crippen molar-refractivity contribution in [1.29, 1.82) is 0 Å². The second-order valence-electron chi connectivity index (χ2n) is 9.94. The zero-order valence-electron chi connectivity index (χ0n) is 21.0. The molecule has 0 bridgehead atoms. The Balaban J connectivity index is 1.28. The predicted molar refractivity (Wildman–Crippen MR) is 135 cm³/mol. The molecule has 1 aliphatic heterocycles. The number of aliphatic hydroxyl groups is 1. The van der Waals surface area contributed by atoms with Crippen LogP contribution in [0.1, 0.15) is 38.1 Å². The fourth-order valence-corrected chi connectivity index (χ4v) is 5.39. The first-order valence-corrected chi connectivity index (χ1v) is 12.1. The van der Waals surface area contributed by atoms with Crippen LogP contribution in [0.15, 0.2) is 40.2 Å². The lowest BCUT2D eigenvalue weighted by Crippen LogP contribution is -2.54. The maximum absolute atomic E-state index is 13.0. The summed E-state index contributed by atoms with van der Waals surface area (Å²) in [6.07, 6.45) is 3.67. The Kier molecular flexibility index (Phi) is 5.82. The number of piperidine rings is 1. The first kappa shape index (κ1) is 24.0. The molecule has 0 radical (unpaired) electrons. The number of amides is 1. The summed E-state index contributed by atoms with van der Waals surface area (Å²) in [5.41, 5.74) is 0.371. The minimum atomic E-state index is -1.28. The van der Waals surface area contributed by atoms with Crippen LogP contribution in [-0.4, -0.2) is 62.8 Å². The molecule has 190 valence electrons. The molecule has 0 saturated carbocycles. The van der Waals surface area contributed by atoms with Gasteiger partial charge in [-0.05, 0) is 31.9 Å². The number of imidazole rings is 2. The number of aryl methyl sites for hydroxylation is 3. The molecule has 36 heavy (non-hydrogen) atoms. The first-order chi connectivity index (χ1) is 17.1. The van der Waals surface area contributed by atoms with Crippen LogP contribution in [-0.2, 0) is 32.4 Å². The summed E-state index contributed by atoms with van der Waals surface area (Å²) < 4.78 is 6.08. The number of carbonyl (C=O) groups is 1. The van der Waals surface area contributed by atoms with Crippen LogP contribution in [0.4, 0.5) is 0 Å². The SMILES string of the molecule is Cn1c(=O)c2c(ncn2[C@@H]2CCN(C(=O)CCCc3nc4ccccc4n3C)C[C@@]2(C)O)n(C)c1=O. The molecule has 5 rings (SSSR count). The van der Waals surface area contributed by atoms with Crippen molar-refractivity contribution in [1.82, 2.24) is 33.1 Å². The van der Waals surface area contributed by atoms with E-state index >= 15 is 0 Å². The summed E-state index contributed by atoms with van der Waals surface area (Å²) in [6.45, 7) is 2.28. The molecule has 0 spiro atoms. The van der Waals surface area contributed by atoms with Gasteiger partial charge in [-0.2, -0.15) is 0 Å². The molecule has 3 aromatic heterocycles. The second kappa shape index (κ2) is 8.74. The lowest BCUT2D eigenvalue weighted by atomic mass is 9.88. The quantitative estimate of drug-likeness (QED) is 0.441. The molecule has 1 saturated heterocycles. The van der Waals surface area contributed by atoms with Gasteiger partial charge in [0.05, 0.1) is 29.9 Å². The highest BCUT2D eigenvalue weighted by atomic mass is 16.3. The van der Waals surface area contributed by atoms with E-state index < -0.39 is 22.9 Å². The van der Waals surface area contributed by atoms with E-state index in [9.17, 15) is 19.5 Å². The van der Waals surface area contributed by atoms with Crippen molar-refractivity contribution >= 4 is 28.1 Å². The zero-order valence-corrected chi connectivity index (χ0v) is 21.0. The Bertz CT molecular complexity index is 1590. The smallest absolute Gasteiger partial charge is 0.332 e. The fraction of sp³-hybridized carbons (Fsp3) is 0.480. The highest BCUT2D eigenvalue weighted by Crippen LogP contribution is 2.33. The van der Waals surface area contributed by atoms with Crippen molar-refractivity contribution in [2.24, 2.45) is 21.1 Å². The number of rotatable bonds is 5. The molecule has 0 unspecified atom stereocenters. The highest BCUT2D eigenvalue weighted by molar-refractivity contribution is 5.77. The molecule has 11 heteroatoms. The average Bonchev–Trinajstić information content (AvgIpc) is 3.42. The zero-order chi connectivity index (χ0) is 25.8. The predicted octanol–water partition coefficient (Wildman–Crippen LogP) is 0.868. The molecule has 1 aromatic carbocycles. The van der Waals surface area contributed by atoms with E-state index in [-0.39, 0.29) is 23.6 Å². The normalized spacial score (nSPS) is 20.5. The van der Waals surface area contributed by atoms with E-state index in [1.165, 1.54) is 17.9 Å². The van der Waals surface area contributed by atoms with Crippen molar-refractivity contribution in [3.8, 4) is 0 Å². The number of hydrogen-bond donors (Lipinski definition) is 1. The van der Waals surface area contributed by atoms with Gasteiger partial charge in [0.2, 0.25) is 5.91 Å². The summed E-state index contributed by atoms with van der Waals surface area (Å²) >= 11 is 0. The standard InChI is InChI=1S/C25H31N7O4/c1-25(36)14-31(20(33)11-7-10-19-27-16-8-5-6-9-17(16)28(19)2)13-12-18(25)32-15-26-22-21(32)23(34)30(4)24(35)29(22)3/h5-6,8-9,15,18,36H,7,10-14H2,1-4H3/t18-,25-/m1/s1. The summed E-state index contributed by atoms with van der Waals surface area (Å²) in [5.74, 6) is 0.930. The number of hydrogen-bond acceptors (Lipinski definition) is 6. The Morgan fingerprint density at radius 3 is 2.61 bits per heavy atom. The monoisotopic (exact) mass is 493 g/mol. The topological polar surface area (TPSA) is 120 Å². The van der Waals surface area contributed by atoms with Gasteiger partial charge in [-0.1, -0.05) is 12.1 Å². The van der Waals surface area contributed by atoms with Crippen LogP contribution in [0.25, 0.3) is 22.2 Å². The highest BCUT2D eigenvalue weighted by Gasteiger charge is 2.41. The largest absolute Gasteiger partial charge is 0.386 e. The molecule has 2 atom stereocenters. The minimum Gasteiger partial charge on any atom is -0.386 e. The number of nitrogens with zero attached hydrogens (tertiary/aromatic N) is 7. The van der Waals surface area contributed by atoms with Gasteiger partial charge in [0.15, 0.2) is 11.2 Å². The summed E-state index contributed by atoms with van der Waals surface area (Å²) in [7, 11) is 4.97. The molecule has 0 aliphatic carbocycles. The van der Waals surface area contributed by atoms with Crippen molar-refractivity contribution in [2.75, 3.05) is 13.1 Å². The van der Waals surface area contributed by atoms with E-state index in [0.717, 1.165) is 21.4 Å². The van der Waals surface area contributed by atoms with Crippen LogP contribution in [0.5, 0.6) is 0 Å². The van der Waals surface area contributed by atoms with E-state index in [2.05, 4.69) is 14.5 Å². The van der Waals surface area contributed by atoms with Crippen LogP contribution in [0, 0.1) is 0 Å². The number of para-hydroxylation sites is 2. The van der Waals surface area contributed by atoms with Crippen molar-refractivity contribution in [2.45, 2.75) is 44.2 Å². The number of aromatic nitrogens is 6. The molecule has 1 fully saturated rings. The van der Waals surface area contributed by atoms with Crippen molar-refractivity contribution in [3.05, 3.63) is 57.3 Å². The van der Waals surface area contributed by atoms with Crippen LogP contribution in [0.2, 0.25) is 0 Å². The Morgan fingerprint density at radius 2 is 1.89 bits per heavy atom. The molecule has 1 N–H and O–H groups in total. The lowest BCUT2D eigenvalue weighted by Gasteiger charge is -2.43. The molecule has 4 heterocycles. The van der Waals surface area contributed by atoms with Gasteiger partial charge in [0.1, 0.15) is 11.4 Å². The minimum absolute atomic E-state index is 0.0127. The Morgan fingerprint density at radius 1 is 1.14 bits per heavy atom.